The molecule has 17 heavy (non-hydrogen) atoms. The minimum Gasteiger partial charge on any atom is -0.290 e. The van der Waals surface area contributed by atoms with Crippen LogP contribution in [0.3, 0.4) is 0 Å². The first-order chi connectivity index (χ1) is 7.55. The van der Waals surface area contributed by atoms with Crippen LogP contribution in [0.2, 0.25) is 0 Å². The van der Waals surface area contributed by atoms with Crippen LogP contribution in [0.5, 0.6) is 0 Å². The quantitative estimate of drug-likeness (QED) is 0.683. The van der Waals surface area contributed by atoms with Gasteiger partial charge in [-0.05, 0) is 12.2 Å². The van der Waals surface area contributed by atoms with Gasteiger partial charge < -0.3 is 0 Å². The van der Waals surface area contributed by atoms with Gasteiger partial charge in [-0.3, -0.25) is 9.67 Å². The summed E-state index contributed by atoms with van der Waals surface area (Å²) in [5.41, 5.74) is 0. The molecule has 1 aromatic heterocycles. The first kappa shape index (κ1) is 13.9. The number of rotatable bonds is 3. The molecule has 3 nitrogen and oxygen atoms in total. The summed E-state index contributed by atoms with van der Waals surface area (Å²) < 4.78 is 84.8. The number of aromatic amines is 1. The third-order valence-electron chi connectivity index (χ3n) is 1.67. The number of hydrogen-bond donors (Lipinski definition) is 1. The molecule has 0 radical (unpaired) electrons. The van der Waals surface area contributed by atoms with Crippen molar-refractivity contribution in [2.75, 3.05) is 0 Å². The molecule has 0 spiro atoms. The molecule has 0 unspecified atom stereocenters. The van der Waals surface area contributed by atoms with Crippen molar-refractivity contribution in [2.45, 2.75) is 25.1 Å². The summed E-state index contributed by atoms with van der Waals surface area (Å²) in [5, 5.41) is 4.33. The number of nitrogens with one attached hydrogen (secondary N) is 1. The molecule has 0 aromatic carbocycles. The van der Waals surface area contributed by atoms with Crippen LogP contribution in [-0.2, 0) is 12.5 Å². The second-order valence-corrected chi connectivity index (χ2v) is 3.36. The normalized spacial score (nSPS) is 13.4. The lowest BCUT2D eigenvalue weighted by molar-refractivity contribution is -0.157. The topological polar surface area (TPSA) is 33.6 Å². The molecule has 0 amide bonds. The largest absolute Gasteiger partial charge is 0.406 e. The number of halogens is 7. The number of hydrogen-bond acceptors (Lipinski definition) is 2. The summed E-state index contributed by atoms with van der Waals surface area (Å²) in [4.78, 5) is 0. The maximum absolute atomic E-state index is 12.9. The van der Waals surface area contributed by atoms with E-state index in [1.165, 1.54) is 0 Å². The molecule has 0 aliphatic heterocycles. The minimum atomic E-state index is -4.88. The van der Waals surface area contributed by atoms with Crippen molar-refractivity contribution in [2.24, 2.45) is 0 Å². The molecular weight excluding hydrogens is 279 g/mol. The molecule has 0 saturated carbocycles. The van der Waals surface area contributed by atoms with E-state index in [0.717, 1.165) is 0 Å². The SMILES string of the molecule is FC(F)C(F)(F)c1n[nH]c(=S)n1CC(F)(F)F. The Bertz CT molecular complexity index is 445. The Morgan fingerprint density at radius 2 is 1.76 bits per heavy atom. The standard InChI is InChI=1S/C6H4F7N3S/c7-2(8)6(12,13)3-14-15-4(17)16(3)1-5(9,10)11/h2H,1H2,(H,15,17). The summed E-state index contributed by atoms with van der Waals surface area (Å²) in [6.07, 6.45) is -9.06. The minimum absolute atomic E-state index is 0.207. The van der Waals surface area contributed by atoms with Gasteiger partial charge in [-0.25, -0.2) is 8.78 Å². The van der Waals surface area contributed by atoms with Crippen molar-refractivity contribution in [1.82, 2.24) is 14.8 Å². The molecular formula is C6H4F7N3S. The Kier molecular flexibility index (Phi) is 3.50. The van der Waals surface area contributed by atoms with Gasteiger partial charge in [-0.1, -0.05) is 0 Å². The van der Waals surface area contributed by atoms with Gasteiger partial charge in [0, 0.05) is 0 Å². The van der Waals surface area contributed by atoms with E-state index < -0.39 is 35.7 Å². The van der Waals surface area contributed by atoms with Crippen molar-refractivity contribution in [3.8, 4) is 0 Å². The average molecular weight is 283 g/mol. The number of nitrogens with zero attached hydrogens (tertiary/aromatic N) is 2. The predicted molar refractivity (Wildman–Crippen MR) is 43.4 cm³/mol. The molecule has 0 aliphatic rings. The highest BCUT2D eigenvalue weighted by Crippen LogP contribution is 2.34. The van der Waals surface area contributed by atoms with Crippen LogP contribution >= 0.6 is 12.2 Å². The number of aromatic nitrogens is 3. The van der Waals surface area contributed by atoms with E-state index >= 15 is 0 Å². The van der Waals surface area contributed by atoms with Crippen LogP contribution < -0.4 is 0 Å². The van der Waals surface area contributed by atoms with Gasteiger partial charge in [-0.2, -0.15) is 27.1 Å². The van der Waals surface area contributed by atoms with E-state index in [1.807, 2.05) is 0 Å². The van der Waals surface area contributed by atoms with Crippen LogP contribution in [0.15, 0.2) is 0 Å². The van der Waals surface area contributed by atoms with Crippen molar-refractivity contribution in [1.29, 1.82) is 0 Å². The Morgan fingerprint density at radius 3 is 2.18 bits per heavy atom. The molecule has 0 saturated heterocycles. The maximum Gasteiger partial charge on any atom is 0.406 e. The van der Waals surface area contributed by atoms with E-state index in [-0.39, 0.29) is 4.57 Å². The monoisotopic (exact) mass is 283 g/mol. The predicted octanol–water partition coefficient (Wildman–Crippen LogP) is 2.86. The molecule has 0 atom stereocenters. The fourth-order valence-electron chi connectivity index (χ4n) is 0.996. The molecule has 0 bridgehead atoms. The van der Waals surface area contributed by atoms with Crippen LogP contribution in [0.4, 0.5) is 30.7 Å². The van der Waals surface area contributed by atoms with Crippen molar-refractivity contribution >= 4 is 12.2 Å². The lowest BCUT2D eigenvalue weighted by atomic mass is 10.3. The second kappa shape index (κ2) is 4.27. The summed E-state index contributed by atoms with van der Waals surface area (Å²) in [6.45, 7) is -1.92. The molecule has 1 aromatic rings. The Balaban J connectivity index is 3.24. The van der Waals surface area contributed by atoms with Crippen LogP contribution in [0, 0.1) is 4.77 Å². The van der Waals surface area contributed by atoms with E-state index in [1.54, 1.807) is 5.10 Å². The molecule has 0 fully saturated rings. The van der Waals surface area contributed by atoms with Crippen molar-refractivity contribution in [3.63, 3.8) is 0 Å². The van der Waals surface area contributed by atoms with E-state index in [9.17, 15) is 30.7 Å². The van der Waals surface area contributed by atoms with Gasteiger partial charge in [0.1, 0.15) is 6.54 Å². The van der Waals surface area contributed by atoms with Crippen molar-refractivity contribution in [3.05, 3.63) is 10.6 Å². The maximum atomic E-state index is 12.9. The molecule has 11 heteroatoms. The Morgan fingerprint density at radius 1 is 1.24 bits per heavy atom. The molecule has 0 aliphatic carbocycles. The Labute approximate surface area is 94.2 Å². The third-order valence-corrected chi connectivity index (χ3v) is 1.98. The van der Waals surface area contributed by atoms with Crippen LogP contribution in [-0.4, -0.2) is 27.4 Å². The van der Waals surface area contributed by atoms with Gasteiger partial charge in [0.25, 0.3) is 0 Å². The summed E-state index contributed by atoms with van der Waals surface area (Å²) in [5.74, 6) is -6.55. The zero-order valence-electron chi connectivity index (χ0n) is 7.73. The smallest absolute Gasteiger partial charge is 0.290 e. The van der Waals surface area contributed by atoms with Crippen LogP contribution in [0.25, 0.3) is 0 Å². The van der Waals surface area contributed by atoms with E-state index in [0.29, 0.717) is 0 Å². The van der Waals surface area contributed by atoms with Crippen molar-refractivity contribution < 1.29 is 30.7 Å². The molecule has 1 rings (SSSR count). The van der Waals surface area contributed by atoms with Gasteiger partial charge in [-0.15, -0.1) is 0 Å². The lowest BCUT2D eigenvalue weighted by Gasteiger charge is -2.16. The van der Waals surface area contributed by atoms with Gasteiger partial charge in [0.2, 0.25) is 5.82 Å². The van der Waals surface area contributed by atoms with E-state index in [4.69, 9.17) is 0 Å². The number of alkyl halides is 7. The first-order valence-corrected chi connectivity index (χ1v) is 4.35. The molecule has 98 valence electrons. The fraction of sp³-hybridized carbons (Fsp3) is 0.667. The Hall–Kier alpha value is -1.13. The van der Waals surface area contributed by atoms with Gasteiger partial charge in [0.15, 0.2) is 4.77 Å². The lowest BCUT2D eigenvalue weighted by Crippen LogP contribution is -2.30. The van der Waals surface area contributed by atoms with Gasteiger partial charge >= 0.3 is 18.5 Å². The summed E-state index contributed by atoms with van der Waals surface area (Å²) in [6, 6.07) is 0. The first-order valence-electron chi connectivity index (χ1n) is 3.94. The number of H-pyrrole nitrogens is 1. The highest BCUT2D eigenvalue weighted by molar-refractivity contribution is 7.71. The second-order valence-electron chi connectivity index (χ2n) is 2.98. The van der Waals surface area contributed by atoms with E-state index in [2.05, 4.69) is 17.3 Å². The summed E-state index contributed by atoms with van der Waals surface area (Å²) in [7, 11) is 0. The highest BCUT2D eigenvalue weighted by Gasteiger charge is 2.48. The molecule has 1 N–H and O–H groups in total. The van der Waals surface area contributed by atoms with Crippen LogP contribution in [0.1, 0.15) is 5.82 Å². The average Bonchev–Trinajstić information content (AvgIpc) is 2.45. The van der Waals surface area contributed by atoms with Gasteiger partial charge in [0.05, 0.1) is 0 Å². The highest BCUT2D eigenvalue weighted by atomic mass is 32.1. The third kappa shape index (κ3) is 2.96. The summed E-state index contributed by atoms with van der Waals surface area (Å²) >= 11 is 4.26. The molecule has 1 heterocycles. The zero-order valence-corrected chi connectivity index (χ0v) is 8.55. The zero-order chi connectivity index (χ0) is 13.4. The fourth-order valence-corrected chi connectivity index (χ4v) is 1.19.